The van der Waals surface area contributed by atoms with E-state index >= 15 is 0 Å². The van der Waals surface area contributed by atoms with E-state index in [4.69, 9.17) is 0 Å². The van der Waals surface area contributed by atoms with E-state index in [0.29, 0.717) is 17.9 Å². The van der Waals surface area contributed by atoms with Crippen molar-refractivity contribution in [1.29, 1.82) is 0 Å². The Balaban J connectivity index is 1.61. The Hall–Kier alpha value is -2.14. The number of benzene rings is 1. The van der Waals surface area contributed by atoms with Crippen LogP contribution >= 0.6 is 0 Å². The van der Waals surface area contributed by atoms with Crippen LogP contribution in [-0.2, 0) is 6.42 Å². The average molecular weight is 327 g/mol. The largest absolute Gasteiger partial charge is 0.391 e. The quantitative estimate of drug-likeness (QED) is 0.821. The van der Waals surface area contributed by atoms with Crippen molar-refractivity contribution in [3.8, 4) is 0 Å². The van der Waals surface area contributed by atoms with Gasteiger partial charge in [-0.05, 0) is 32.3 Å². The van der Waals surface area contributed by atoms with Gasteiger partial charge in [0.05, 0.1) is 23.6 Å². The molecule has 0 aliphatic heterocycles. The van der Waals surface area contributed by atoms with E-state index in [1.165, 1.54) is 0 Å². The van der Waals surface area contributed by atoms with Crippen molar-refractivity contribution in [3.05, 3.63) is 53.3 Å². The Kier molecular flexibility index (Phi) is 5.00. The molecule has 3 rings (SSSR count). The molecule has 5 heteroatoms. The molecule has 1 aliphatic rings. The SMILES string of the molecule is CC(C)n1ncc(C(=O)NCC(O)Cc2ccccc2)c1C1CC1. The van der Waals surface area contributed by atoms with Gasteiger partial charge in [0.2, 0.25) is 0 Å². The first-order chi connectivity index (χ1) is 11.6. The molecule has 0 spiro atoms. The lowest BCUT2D eigenvalue weighted by molar-refractivity contribution is 0.0914. The number of nitrogens with zero attached hydrogens (tertiary/aromatic N) is 2. The van der Waals surface area contributed by atoms with E-state index in [0.717, 1.165) is 24.1 Å². The highest BCUT2D eigenvalue weighted by Gasteiger charge is 2.33. The third-order valence-corrected chi connectivity index (χ3v) is 4.34. The van der Waals surface area contributed by atoms with E-state index in [1.54, 1.807) is 6.20 Å². The number of hydrogen-bond donors (Lipinski definition) is 2. The first-order valence-electron chi connectivity index (χ1n) is 8.64. The summed E-state index contributed by atoms with van der Waals surface area (Å²) in [4.78, 5) is 12.5. The molecule has 1 aromatic carbocycles. The summed E-state index contributed by atoms with van der Waals surface area (Å²) in [5, 5.41) is 17.4. The van der Waals surface area contributed by atoms with Crippen LogP contribution < -0.4 is 5.32 Å². The van der Waals surface area contributed by atoms with Gasteiger partial charge in [-0.2, -0.15) is 5.10 Å². The Morgan fingerprint density at radius 3 is 2.67 bits per heavy atom. The highest BCUT2D eigenvalue weighted by Crippen LogP contribution is 2.42. The minimum Gasteiger partial charge on any atom is -0.391 e. The maximum atomic E-state index is 12.5. The predicted octanol–water partition coefficient (Wildman–Crippen LogP) is 2.67. The first kappa shape index (κ1) is 16.7. The third kappa shape index (κ3) is 3.85. The lowest BCUT2D eigenvalue weighted by Gasteiger charge is -2.14. The maximum Gasteiger partial charge on any atom is 0.254 e. The number of amides is 1. The van der Waals surface area contributed by atoms with Crippen molar-refractivity contribution >= 4 is 5.91 Å². The number of nitrogens with one attached hydrogen (secondary N) is 1. The summed E-state index contributed by atoms with van der Waals surface area (Å²) in [5.74, 6) is 0.306. The molecule has 0 saturated heterocycles. The number of carbonyl (C=O) groups excluding carboxylic acids is 1. The summed E-state index contributed by atoms with van der Waals surface area (Å²) >= 11 is 0. The fourth-order valence-corrected chi connectivity index (χ4v) is 2.99. The van der Waals surface area contributed by atoms with E-state index in [-0.39, 0.29) is 18.5 Å². The van der Waals surface area contributed by atoms with Crippen molar-refractivity contribution in [2.75, 3.05) is 6.54 Å². The Labute approximate surface area is 142 Å². The molecule has 2 N–H and O–H groups in total. The lowest BCUT2D eigenvalue weighted by atomic mass is 10.1. The molecular formula is C19H25N3O2. The molecule has 5 nitrogen and oxygen atoms in total. The van der Waals surface area contributed by atoms with Crippen LogP contribution in [0.25, 0.3) is 0 Å². The minimum atomic E-state index is -0.596. The van der Waals surface area contributed by atoms with Crippen LogP contribution in [0.1, 0.15) is 60.3 Å². The van der Waals surface area contributed by atoms with Crippen LogP contribution in [0, 0.1) is 0 Å². The monoisotopic (exact) mass is 327 g/mol. The molecule has 1 heterocycles. The summed E-state index contributed by atoms with van der Waals surface area (Å²) in [6.45, 7) is 4.39. The molecule has 1 unspecified atom stereocenters. The fraction of sp³-hybridized carbons (Fsp3) is 0.474. The van der Waals surface area contributed by atoms with Gasteiger partial charge in [0.1, 0.15) is 0 Å². The van der Waals surface area contributed by atoms with E-state index in [2.05, 4.69) is 24.3 Å². The molecule has 1 amide bonds. The van der Waals surface area contributed by atoms with E-state index < -0.39 is 6.10 Å². The van der Waals surface area contributed by atoms with Crippen molar-refractivity contribution in [2.45, 2.75) is 51.2 Å². The highest BCUT2D eigenvalue weighted by molar-refractivity contribution is 5.95. The van der Waals surface area contributed by atoms with Crippen molar-refractivity contribution < 1.29 is 9.90 Å². The summed E-state index contributed by atoms with van der Waals surface area (Å²) in [5.41, 5.74) is 2.75. The van der Waals surface area contributed by atoms with Crippen LogP contribution in [-0.4, -0.2) is 33.4 Å². The Morgan fingerprint density at radius 2 is 2.04 bits per heavy atom. The summed E-state index contributed by atoms with van der Waals surface area (Å²) in [6, 6.07) is 10.0. The van der Waals surface area contributed by atoms with Gasteiger partial charge in [-0.25, -0.2) is 0 Å². The van der Waals surface area contributed by atoms with Crippen LogP contribution in [0.5, 0.6) is 0 Å². The molecule has 24 heavy (non-hydrogen) atoms. The molecule has 0 radical (unpaired) electrons. The van der Waals surface area contributed by atoms with Gasteiger partial charge in [-0.1, -0.05) is 30.3 Å². The van der Waals surface area contributed by atoms with Gasteiger partial charge in [0, 0.05) is 24.9 Å². The second-order valence-corrected chi connectivity index (χ2v) is 6.81. The molecule has 1 saturated carbocycles. The molecule has 1 atom stereocenters. The highest BCUT2D eigenvalue weighted by atomic mass is 16.3. The smallest absolute Gasteiger partial charge is 0.254 e. The maximum absolute atomic E-state index is 12.5. The lowest BCUT2D eigenvalue weighted by Crippen LogP contribution is -2.33. The molecule has 1 aliphatic carbocycles. The standard InChI is InChI=1S/C19H25N3O2/c1-13(2)22-18(15-8-9-15)17(12-21-22)19(24)20-11-16(23)10-14-6-4-3-5-7-14/h3-7,12-13,15-16,23H,8-11H2,1-2H3,(H,20,24). The van der Waals surface area contributed by atoms with E-state index in [9.17, 15) is 9.90 Å². The first-order valence-corrected chi connectivity index (χ1v) is 8.64. The number of aliphatic hydroxyl groups excluding tert-OH is 1. The fourth-order valence-electron chi connectivity index (χ4n) is 2.99. The molecule has 1 fully saturated rings. The van der Waals surface area contributed by atoms with Gasteiger partial charge < -0.3 is 10.4 Å². The van der Waals surface area contributed by atoms with Crippen molar-refractivity contribution in [2.24, 2.45) is 0 Å². The van der Waals surface area contributed by atoms with Crippen LogP contribution in [0.2, 0.25) is 0 Å². The number of hydrogen-bond acceptors (Lipinski definition) is 3. The second-order valence-electron chi connectivity index (χ2n) is 6.81. The zero-order chi connectivity index (χ0) is 17.1. The van der Waals surface area contributed by atoms with Gasteiger partial charge in [-0.3, -0.25) is 9.48 Å². The molecule has 1 aromatic heterocycles. The van der Waals surface area contributed by atoms with Gasteiger partial charge in [-0.15, -0.1) is 0 Å². The summed E-state index contributed by atoms with van der Waals surface area (Å²) < 4.78 is 1.95. The zero-order valence-electron chi connectivity index (χ0n) is 14.3. The number of aliphatic hydroxyl groups is 1. The van der Waals surface area contributed by atoms with Crippen LogP contribution in [0.3, 0.4) is 0 Å². The van der Waals surface area contributed by atoms with E-state index in [1.807, 2.05) is 35.0 Å². The normalized spacial score (nSPS) is 15.5. The topological polar surface area (TPSA) is 67.2 Å². The predicted molar refractivity (Wildman–Crippen MR) is 93.1 cm³/mol. The van der Waals surface area contributed by atoms with Crippen molar-refractivity contribution in [1.82, 2.24) is 15.1 Å². The molecule has 128 valence electrons. The summed E-state index contributed by atoms with van der Waals surface area (Å²) in [6.07, 6.45) is 3.83. The number of rotatable bonds is 7. The van der Waals surface area contributed by atoms with Gasteiger partial charge in [0.15, 0.2) is 0 Å². The van der Waals surface area contributed by atoms with Crippen LogP contribution in [0.15, 0.2) is 36.5 Å². The molecular weight excluding hydrogens is 302 g/mol. The Bertz CT molecular complexity index is 690. The van der Waals surface area contributed by atoms with Gasteiger partial charge >= 0.3 is 0 Å². The third-order valence-electron chi connectivity index (χ3n) is 4.34. The zero-order valence-corrected chi connectivity index (χ0v) is 14.3. The molecule has 2 aromatic rings. The van der Waals surface area contributed by atoms with Gasteiger partial charge in [0.25, 0.3) is 5.91 Å². The Morgan fingerprint density at radius 1 is 1.33 bits per heavy atom. The van der Waals surface area contributed by atoms with Crippen molar-refractivity contribution in [3.63, 3.8) is 0 Å². The summed E-state index contributed by atoms with van der Waals surface area (Å²) in [7, 11) is 0. The second kappa shape index (κ2) is 7.18. The van der Waals surface area contributed by atoms with Crippen LogP contribution in [0.4, 0.5) is 0 Å². The number of carbonyl (C=O) groups is 1. The molecule has 0 bridgehead atoms. The number of aromatic nitrogens is 2. The average Bonchev–Trinajstić information content (AvgIpc) is 3.31. The minimum absolute atomic E-state index is 0.143.